The van der Waals surface area contributed by atoms with E-state index in [1.807, 2.05) is 53.9 Å². The number of methoxy groups -OCH3 is 1. The summed E-state index contributed by atoms with van der Waals surface area (Å²) in [7, 11) is 1.65. The van der Waals surface area contributed by atoms with Gasteiger partial charge in [-0.1, -0.05) is 18.2 Å². The van der Waals surface area contributed by atoms with Gasteiger partial charge in [-0.25, -0.2) is 0 Å². The van der Waals surface area contributed by atoms with E-state index in [1.54, 1.807) is 18.4 Å². The zero-order valence-electron chi connectivity index (χ0n) is 12.5. The second kappa shape index (κ2) is 6.75. The summed E-state index contributed by atoms with van der Waals surface area (Å²) in [4.78, 5) is 13.8. The molecule has 0 unspecified atom stereocenters. The maximum absolute atomic E-state index is 12.6. The van der Waals surface area contributed by atoms with Crippen LogP contribution in [-0.4, -0.2) is 12.9 Å². The predicted molar refractivity (Wildman–Crippen MR) is 92.1 cm³/mol. The molecule has 0 atom stereocenters. The molecule has 0 saturated heterocycles. The Morgan fingerprint density at radius 3 is 2.41 bits per heavy atom. The second-order valence-corrected chi connectivity index (χ2v) is 6.29. The van der Waals surface area contributed by atoms with Gasteiger partial charge in [0.25, 0.3) is 0 Å². The van der Waals surface area contributed by atoms with Crippen LogP contribution in [0.15, 0.2) is 52.9 Å². The molecule has 2 aromatic rings. The van der Waals surface area contributed by atoms with Crippen molar-refractivity contribution in [1.82, 2.24) is 0 Å². The van der Waals surface area contributed by atoms with Crippen molar-refractivity contribution in [3.8, 4) is 5.75 Å². The molecular formula is C19H18O2S. The zero-order chi connectivity index (χ0) is 15.4. The Balaban J connectivity index is 1.84. The molecule has 0 aliphatic heterocycles. The third-order valence-electron chi connectivity index (χ3n) is 3.79. The van der Waals surface area contributed by atoms with Gasteiger partial charge in [0.15, 0.2) is 5.78 Å². The van der Waals surface area contributed by atoms with E-state index in [0.29, 0.717) is 0 Å². The van der Waals surface area contributed by atoms with Crippen LogP contribution in [-0.2, 0) is 4.79 Å². The number of allylic oxidation sites excluding steroid dienone is 2. The van der Waals surface area contributed by atoms with Crippen molar-refractivity contribution < 1.29 is 9.53 Å². The van der Waals surface area contributed by atoms with Crippen LogP contribution in [0.5, 0.6) is 5.75 Å². The van der Waals surface area contributed by atoms with Gasteiger partial charge < -0.3 is 4.74 Å². The summed E-state index contributed by atoms with van der Waals surface area (Å²) in [5.74, 6) is 1.02. The molecular weight excluding hydrogens is 292 g/mol. The number of Topliss-reactive ketones (excluding diaryl/α,β-unsaturated/α-hetero) is 1. The molecule has 1 fully saturated rings. The molecule has 1 aliphatic rings. The van der Waals surface area contributed by atoms with Crippen molar-refractivity contribution in [2.45, 2.75) is 19.3 Å². The third kappa shape index (κ3) is 3.37. The van der Waals surface area contributed by atoms with Gasteiger partial charge in [-0.3, -0.25) is 4.79 Å². The Hall–Kier alpha value is -2.13. The van der Waals surface area contributed by atoms with E-state index in [0.717, 1.165) is 46.6 Å². The summed E-state index contributed by atoms with van der Waals surface area (Å²) in [6.07, 6.45) is 6.80. The molecule has 112 valence electrons. The summed E-state index contributed by atoms with van der Waals surface area (Å²) in [5, 5.41) is 2.04. The minimum Gasteiger partial charge on any atom is -0.497 e. The van der Waals surface area contributed by atoms with Crippen LogP contribution in [0, 0.1) is 0 Å². The van der Waals surface area contributed by atoms with Crippen LogP contribution in [0.3, 0.4) is 0 Å². The van der Waals surface area contributed by atoms with Crippen LogP contribution in [0.2, 0.25) is 0 Å². The van der Waals surface area contributed by atoms with Crippen molar-refractivity contribution in [1.29, 1.82) is 0 Å². The Kier molecular flexibility index (Phi) is 4.54. The number of benzene rings is 1. The predicted octanol–water partition coefficient (Wildman–Crippen LogP) is 4.98. The zero-order valence-corrected chi connectivity index (χ0v) is 13.4. The van der Waals surface area contributed by atoms with Crippen LogP contribution >= 0.6 is 11.3 Å². The first-order chi connectivity index (χ1) is 10.8. The number of ketones is 1. The van der Waals surface area contributed by atoms with Gasteiger partial charge >= 0.3 is 0 Å². The number of carbonyl (C=O) groups excluding carboxylic acids is 1. The average Bonchev–Trinajstić information content (AvgIpc) is 3.05. The fourth-order valence-electron chi connectivity index (χ4n) is 2.62. The summed E-state index contributed by atoms with van der Waals surface area (Å²) in [6.45, 7) is 0. The lowest BCUT2D eigenvalue weighted by Crippen LogP contribution is -2.12. The molecule has 1 aromatic carbocycles. The maximum atomic E-state index is 12.6. The minimum absolute atomic E-state index is 0.190. The molecule has 1 aliphatic carbocycles. The first kappa shape index (κ1) is 14.8. The molecule has 0 radical (unpaired) electrons. The van der Waals surface area contributed by atoms with Crippen molar-refractivity contribution in [2.24, 2.45) is 0 Å². The highest BCUT2D eigenvalue weighted by molar-refractivity contribution is 7.10. The van der Waals surface area contributed by atoms with E-state index in [-0.39, 0.29) is 5.78 Å². The number of carbonyl (C=O) groups is 1. The summed E-state index contributed by atoms with van der Waals surface area (Å²) < 4.78 is 5.16. The topological polar surface area (TPSA) is 26.3 Å². The minimum atomic E-state index is 0.190. The molecule has 22 heavy (non-hydrogen) atoms. The third-order valence-corrected chi connectivity index (χ3v) is 4.61. The Morgan fingerprint density at radius 2 is 1.77 bits per heavy atom. The van der Waals surface area contributed by atoms with Gasteiger partial charge in [0.1, 0.15) is 5.75 Å². The van der Waals surface area contributed by atoms with Crippen LogP contribution in [0.1, 0.15) is 29.7 Å². The molecule has 1 saturated carbocycles. The van der Waals surface area contributed by atoms with E-state index in [9.17, 15) is 4.79 Å². The molecule has 0 spiro atoms. The first-order valence-corrected chi connectivity index (χ1v) is 8.27. The molecule has 0 N–H and O–H groups in total. The molecule has 1 heterocycles. The lowest BCUT2D eigenvalue weighted by Gasteiger charge is -2.16. The van der Waals surface area contributed by atoms with E-state index >= 15 is 0 Å². The van der Waals surface area contributed by atoms with Gasteiger partial charge in [0, 0.05) is 16.0 Å². The highest BCUT2D eigenvalue weighted by atomic mass is 32.1. The number of rotatable bonds is 3. The molecule has 3 heteroatoms. The van der Waals surface area contributed by atoms with Gasteiger partial charge in [0.05, 0.1) is 7.11 Å². The normalized spacial score (nSPS) is 18.9. The average molecular weight is 310 g/mol. The highest BCUT2D eigenvalue weighted by Gasteiger charge is 2.20. The fraction of sp³-hybridized carbons (Fsp3) is 0.211. The lowest BCUT2D eigenvalue weighted by molar-refractivity contribution is -0.112. The summed E-state index contributed by atoms with van der Waals surface area (Å²) >= 11 is 1.67. The van der Waals surface area contributed by atoms with E-state index in [2.05, 4.69) is 0 Å². The van der Waals surface area contributed by atoms with E-state index in [4.69, 9.17) is 4.74 Å². The van der Waals surface area contributed by atoms with Gasteiger partial charge in [0.2, 0.25) is 0 Å². The Bertz CT molecular complexity index is 706. The summed E-state index contributed by atoms with van der Waals surface area (Å²) in [6, 6.07) is 11.9. The van der Waals surface area contributed by atoms with E-state index < -0.39 is 0 Å². The smallest absolute Gasteiger partial charge is 0.185 e. The van der Waals surface area contributed by atoms with Crippen LogP contribution in [0.25, 0.3) is 12.2 Å². The van der Waals surface area contributed by atoms with Crippen molar-refractivity contribution in [3.63, 3.8) is 0 Å². The van der Waals surface area contributed by atoms with Crippen molar-refractivity contribution in [3.05, 3.63) is 63.4 Å². The van der Waals surface area contributed by atoms with Gasteiger partial charge in [-0.05, 0) is 60.6 Å². The van der Waals surface area contributed by atoms with Crippen LogP contribution in [0.4, 0.5) is 0 Å². The molecule has 1 aromatic heterocycles. The second-order valence-electron chi connectivity index (χ2n) is 5.31. The SMILES string of the molecule is COc1ccc(/C=C2\CCC/C(=C\c3cccs3)C2=O)cc1. The number of thiophene rings is 1. The number of ether oxygens (including phenoxy) is 1. The fourth-order valence-corrected chi connectivity index (χ4v) is 3.31. The lowest BCUT2D eigenvalue weighted by atomic mass is 9.87. The van der Waals surface area contributed by atoms with Gasteiger partial charge in [-0.2, -0.15) is 0 Å². The molecule has 2 nitrogen and oxygen atoms in total. The van der Waals surface area contributed by atoms with Crippen LogP contribution < -0.4 is 4.74 Å². The van der Waals surface area contributed by atoms with E-state index in [1.165, 1.54) is 0 Å². The Labute approximate surface area is 134 Å². The Morgan fingerprint density at radius 1 is 1.05 bits per heavy atom. The monoisotopic (exact) mass is 310 g/mol. The van der Waals surface area contributed by atoms with Gasteiger partial charge in [-0.15, -0.1) is 11.3 Å². The maximum Gasteiger partial charge on any atom is 0.185 e. The quantitative estimate of drug-likeness (QED) is 0.748. The first-order valence-electron chi connectivity index (χ1n) is 7.39. The van der Waals surface area contributed by atoms with Crippen molar-refractivity contribution in [2.75, 3.05) is 7.11 Å². The number of hydrogen-bond acceptors (Lipinski definition) is 3. The standard InChI is InChI=1S/C19H18O2S/c1-21-17-9-7-14(8-10-17)12-15-4-2-5-16(19(15)20)13-18-6-3-11-22-18/h3,6-13H,2,4-5H2,1H3/b15-12+,16-13+. The molecule has 3 rings (SSSR count). The molecule has 0 bridgehead atoms. The summed E-state index contributed by atoms with van der Waals surface area (Å²) in [5.41, 5.74) is 2.87. The van der Waals surface area contributed by atoms with Crippen molar-refractivity contribution >= 4 is 29.3 Å². The highest BCUT2D eigenvalue weighted by Crippen LogP contribution is 2.29. The molecule has 0 amide bonds. The number of hydrogen-bond donors (Lipinski definition) is 0. The largest absolute Gasteiger partial charge is 0.497 e.